The number of anilines is 1. The first-order valence-electron chi connectivity index (χ1n) is 6.02. The van der Waals surface area contributed by atoms with Crippen molar-refractivity contribution in [2.45, 2.75) is 31.7 Å². The van der Waals surface area contributed by atoms with E-state index in [0.29, 0.717) is 0 Å². The number of phenols is 1. The fourth-order valence-corrected chi connectivity index (χ4v) is 2.10. The molecule has 20 heavy (non-hydrogen) atoms. The van der Waals surface area contributed by atoms with Crippen molar-refractivity contribution in [2.75, 3.05) is 11.6 Å². The number of sulfone groups is 1. The monoisotopic (exact) mass is 300 g/mol. The Morgan fingerprint density at radius 2 is 1.90 bits per heavy atom. The molecule has 0 fully saturated rings. The van der Waals surface area contributed by atoms with Gasteiger partial charge < -0.3 is 16.2 Å². The lowest BCUT2D eigenvalue weighted by Crippen LogP contribution is -2.45. The standard InChI is InChI=1S/C13H20N2O4S/c1-13(2,3)11(14)12(17)15-9-7-8(20(4,18)19)5-6-10(9)16/h5-7,11,16H,14H2,1-4H3,(H,15,17)/t11-/m1/s1. The molecule has 0 radical (unpaired) electrons. The summed E-state index contributed by atoms with van der Waals surface area (Å²) in [7, 11) is -3.42. The summed E-state index contributed by atoms with van der Waals surface area (Å²) >= 11 is 0. The van der Waals surface area contributed by atoms with Crippen LogP contribution in [0.3, 0.4) is 0 Å². The van der Waals surface area contributed by atoms with Crippen molar-refractivity contribution < 1.29 is 18.3 Å². The molecule has 0 bridgehead atoms. The zero-order valence-electron chi connectivity index (χ0n) is 12.0. The molecule has 1 atom stereocenters. The second-order valence-corrected chi connectivity index (χ2v) is 7.80. The van der Waals surface area contributed by atoms with Gasteiger partial charge in [-0.2, -0.15) is 0 Å². The number of aromatic hydroxyl groups is 1. The van der Waals surface area contributed by atoms with Crippen LogP contribution in [0.5, 0.6) is 5.75 Å². The van der Waals surface area contributed by atoms with Gasteiger partial charge in [-0.3, -0.25) is 4.79 Å². The number of carbonyl (C=O) groups is 1. The van der Waals surface area contributed by atoms with Gasteiger partial charge in [0.1, 0.15) is 5.75 Å². The molecule has 1 rings (SSSR count). The molecule has 0 saturated carbocycles. The van der Waals surface area contributed by atoms with E-state index in [1.807, 2.05) is 20.8 Å². The first-order valence-corrected chi connectivity index (χ1v) is 7.91. The van der Waals surface area contributed by atoms with Gasteiger partial charge in [0.2, 0.25) is 5.91 Å². The predicted molar refractivity (Wildman–Crippen MR) is 77.3 cm³/mol. The van der Waals surface area contributed by atoms with E-state index in [1.54, 1.807) is 0 Å². The van der Waals surface area contributed by atoms with E-state index < -0.39 is 27.2 Å². The van der Waals surface area contributed by atoms with Crippen LogP contribution in [0.4, 0.5) is 5.69 Å². The number of nitrogens with two attached hydrogens (primary N) is 1. The average molecular weight is 300 g/mol. The molecule has 0 aliphatic carbocycles. The van der Waals surface area contributed by atoms with E-state index in [2.05, 4.69) is 5.32 Å². The lowest BCUT2D eigenvalue weighted by Gasteiger charge is -2.26. The van der Waals surface area contributed by atoms with Crippen LogP contribution in [0.15, 0.2) is 23.1 Å². The van der Waals surface area contributed by atoms with Crippen molar-refractivity contribution in [1.29, 1.82) is 0 Å². The first-order chi connectivity index (χ1) is 8.93. The Bertz CT molecular complexity index is 618. The Hall–Kier alpha value is -1.60. The molecule has 0 heterocycles. The summed E-state index contributed by atoms with van der Waals surface area (Å²) < 4.78 is 22.9. The van der Waals surface area contributed by atoms with E-state index in [0.717, 1.165) is 6.26 Å². The topological polar surface area (TPSA) is 109 Å². The number of rotatable bonds is 3. The van der Waals surface area contributed by atoms with Crippen molar-refractivity contribution in [2.24, 2.45) is 11.1 Å². The molecule has 0 unspecified atom stereocenters. The lowest BCUT2D eigenvalue weighted by molar-refractivity contribution is -0.119. The fraction of sp³-hybridized carbons (Fsp3) is 0.462. The molecule has 0 saturated heterocycles. The molecule has 1 amide bonds. The molecule has 112 valence electrons. The second-order valence-electron chi connectivity index (χ2n) is 5.78. The Kier molecular flexibility index (Phi) is 4.45. The van der Waals surface area contributed by atoms with Gasteiger partial charge in [0, 0.05) is 6.26 Å². The molecule has 4 N–H and O–H groups in total. The van der Waals surface area contributed by atoms with Crippen LogP contribution in [-0.4, -0.2) is 31.7 Å². The van der Waals surface area contributed by atoms with E-state index in [-0.39, 0.29) is 16.3 Å². The van der Waals surface area contributed by atoms with E-state index in [9.17, 15) is 18.3 Å². The molecule has 1 aromatic rings. The highest BCUT2D eigenvalue weighted by molar-refractivity contribution is 7.90. The number of nitrogens with one attached hydrogen (secondary N) is 1. The van der Waals surface area contributed by atoms with Gasteiger partial charge in [-0.25, -0.2) is 8.42 Å². The van der Waals surface area contributed by atoms with Crippen molar-refractivity contribution in [3.63, 3.8) is 0 Å². The number of carbonyl (C=O) groups excluding carboxylic acids is 1. The van der Waals surface area contributed by atoms with Crippen LogP contribution in [0.25, 0.3) is 0 Å². The summed E-state index contributed by atoms with van der Waals surface area (Å²) in [4.78, 5) is 12.0. The first kappa shape index (κ1) is 16.5. The van der Waals surface area contributed by atoms with Crippen LogP contribution in [0.2, 0.25) is 0 Å². The van der Waals surface area contributed by atoms with Gasteiger partial charge in [-0.1, -0.05) is 20.8 Å². The van der Waals surface area contributed by atoms with E-state index >= 15 is 0 Å². The Morgan fingerprint density at radius 1 is 1.35 bits per heavy atom. The smallest absolute Gasteiger partial charge is 0.241 e. The van der Waals surface area contributed by atoms with Crippen molar-refractivity contribution >= 4 is 21.4 Å². The van der Waals surface area contributed by atoms with Crippen LogP contribution in [-0.2, 0) is 14.6 Å². The third kappa shape index (κ3) is 3.94. The molecular weight excluding hydrogens is 280 g/mol. The maximum Gasteiger partial charge on any atom is 0.241 e. The number of amides is 1. The third-order valence-electron chi connectivity index (χ3n) is 2.87. The number of hydrogen-bond acceptors (Lipinski definition) is 5. The van der Waals surface area contributed by atoms with E-state index in [4.69, 9.17) is 5.73 Å². The Labute approximate surface area is 118 Å². The van der Waals surface area contributed by atoms with Crippen molar-refractivity contribution in [3.8, 4) is 5.75 Å². The van der Waals surface area contributed by atoms with Crippen LogP contribution in [0.1, 0.15) is 20.8 Å². The lowest BCUT2D eigenvalue weighted by atomic mass is 9.87. The van der Waals surface area contributed by atoms with Crippen LogP contribution >= 0.6 is 0 Å². The number of benzene rings is 1. The molecule has 1 aromatic carbocycles. The highest BCUT2D eigenvalue weighted by Crippen LogP contribution is 2.27. The molecule has 6 nitrogen and oxygen atoms in total. The molecule has 0 aliphatic heterocycles. The Balaban J connectivity index is 3.07. The maximum absolute atomic E-state index is 12.0. The summed E-state index contributed by atoms with van der Waals surface area (Å²) in [5.41, 5.74) is 5.38. The second kappa shape index (κ2) is 5.41. The van der Waals surface area contributed by atoms with Crippen molar-refractivity contribution in [1.82, 2.24) is 0 Å². The summed E-state index contributed by atoms with van der Waals surface area (Å²) in [6, 6.07) is 2.90. The SMILES string of the molecule is CC(C)(C)[C@H](N)C(=O)Nc1cc(S(C)(=O)=O)ccc1O. The molecule has 7 heteroatoms. The van der Waals surface area contributed by atoms with Crippen LogP contribution in [0, 0.1) is 5.41 Å². The largest absolute Gasteiger partial charge is 0.506 e. The third-order valence-corrected chi connectivity index (χ3v) is 3.98. The summed E-state index contributed by atoms with van der Waals surface area (Å²) in [6.45, 7) is 5.43. The minimum absolute atomic E-state index is 0.00919. The van der Waals surface area contributed by atoms with Gasteiger partial charge in [0.05, 0.1) is 16.6 Å². The van der Waals surface area contributed by atoms with Gasteiger partial charge >= 0.3 is 0 Å². The normalized spacial score (nSPS) is 13.8. The number of phenolic OH excluding ortho intramolecular Hbond substituents is 1. The van der Waals surface area contributed by atoms with Gasteiger partial charge in [0.25, 0.3) is 0 Å². The highest BCUT2D eigenvalue weighted by Gasteiger charge is 2.28. The average Bonchev–Trinajstić information content (AvgIpc) is 2.28. The molecule has 0 aromatic heterocycles. The maximum atomic E-state index is 12.0. The summed E-state index contributed by atoms with van der Waals surface area (Å²) in [5.74, 6) is -0.703. The predicted octanol–water partition coefficient (Wildman–Crippen LogP) is 1.11. The van der Waals surface area contributed by atoms with Gasteiger partial charge in [0.15, 0.2) is 9.84 Å². The fourth-order valence-electron chi connectivity index (χ4n) is 1.45. The molecule has 0 spiro atoms. The van der Waals surface area contributed by atoms with Gasteiger partial charge in [-0.15, -0.1) is 0 Å². The summed E-state index contributed by atoms with van der Waals surface area (Å²) in [5, 5.41) is 12.1. The Morgan fingerprint density at radius 3 is 2.35 bits per heavy atom. The molecular formula is C13H20N2O4S. The zero-order valence-corrected chi connectivity index (χ0v) is 12.8. The minimum atomic E-state index is -3.42. The van der Waals surface area contributed by atoms with E-state index in [1.165, 1.54) is 18.2 Å². The van der Waals surface area contributed by atoms with Crippen molar-refractivity contribution in [3.05, 3.63) is 18.2 Å². The molecule has 0 aliphatic rings. The van der Waals surface area contributed by atoms with Crippen LogP contribution < -0.4 is 11.1 Å². The van der Waals surface area contributed by atoms with Gasteiger partial charge in [-0.05, 0) is 23.6 Å². The summed E-state index contributed by atoms with van der Waals surface area (Å²) in [6.07, 6.45) is 1.05. The number of hydrogen-bond donors (Lipinski definition) is 3. The quantitative estimate of drug-likeness (QED) is 0.724. The minimum Gasteiger partial charge on any atom is -0.506 e. The highest BCUT2D eigenvalue weighted by atomic mass is 32.2. The zero-order chi connectivity index (χ0) is 15.7.